The fraction of sp³-hybridized carbons (Fsp3) is 0.857. The Morgan fingerprint density at radius 3 is 2.57 bits per heavy atom. The van der Waals surface area contributed by atoms with Crippen molar-refractivity contribution in [1.29, 1.82) is 0 Å². The van der Waals surface area contributed by atoms with Gasteiger partial charge in [-0.3, -0.25) is 4.90 Å². The fourth-order valence-corrected chi connectivity index (χ4v) is 1.85. The number of piperidine rings is 1. The molecule has 0 aromatic rings. The Bertz CT molecular complexity index is 260. The zero-order valence-electron chi connectivity index (χ0n) is 7.28. The summed E-state index contributed by atoms with van der Waals surface area (Å²) in [5.41, 5.74) is 5.51. The quantitative estimate of drug-likeness (QED) is 0.338. The maximum atomic E-state index is 11.1. The molecule has 0 aromatic carbocycles. The van der Waals surface area contributed by atoms with Crippen molar-refractivity contribution < 1.29 is 24.9 Å². The van der Waals surface area contributed by atoms with E-state index in [9.17, 15) is 20.1 Å². The molecule has 2 heterocycles. The van der Waals surface area contributed by atoms with E-state index in [1.54, 1.807) is 0 Å². The summed E-state index contributed by atoms with van der Waals surface area (Å²) in [6.45, 7) is -0.0164. The van der Waals surface area contributed by atoms with Gasteiger partial charge in [0.15, 0.2) is 0 Å². The van der Waals surface area contributed by atoms with Gasteiger partial charge in [-0.05, 0) is 0 Å². The van der Waals surface area contributed by atoms with E-state index in [4.69, 9.17) is 5.73 Å². The van der Waals surface area contributed by atoms with Crippen molar-refractivity contribution in [2.45, 2.75) is 30.5 Å². The zero-order valence-corrected chi connectivity index (χ0v) is 7.28. The lowest BCUT2D eigenvalue weighted by Crippen LogP contribution is -2.68. The molecule has 2 saturated heterocycles. The van der Waals surface area contributed by atoms with Crippen LogP contribution in [0.4, 0.5) is 4.79 Å². The molecule has 0 spiro atoms. The van der Waals surface area contributed by atoms with Crippen LogP contribution in [-0.4, -0.2) is 63.4 Å². The lowest BCUT2D eigenvalue weighted by atomic mass is 9.93. The fourth-order valence-electron chi connectivity index (χ4n) is 1.85. The molecule has 0 aliphatic carbocycles. The molecule has 2 rings (SSSR count). The monoisotopic (exact) mass is 204 g/mol. The first-order valence-corrected chi connectivity index (χ1v) is 4.29. The van der Waals surface area contributed by atoms with Gasteiger partial charge in [-0.25, -0.2) is 4.79 Å². The predicted molar refractivity (Wildman–Crippen MR) is 43.0 cm³/mol. The second-order valence-electron chi connectivity index (χ2n) is 3.51. The lowest BCUT2D eigenvalue weighted by molar-refractivity contribution is -0.140. The Morgan fingerprint density at radius 1 is 1.29 bits per heavy atom. The van der Waals surface area contributed by atoms with Crippen LogP contribution in [0.3, 0.4) is 0 Å². The van der Waals surface area contributed by atoms with Crippen LogP contribution in [0.5, 0.6) is 0 Å². The number of hydrogen-bond acceptors (Lipinski definition) is 6. The van der Waals surface area contributed by atoms with Crippen LogP contribution < -0.4 is 5.73 Å². The Morgan fingerprint density at radius 2 is 1.93 bits per heavy atom. The Balaban J connectivity index is 2.27. The number of fused-ring (bicyclic) bond motifs is 1. The number of nitrogens with two attached hydrogens (primary N) is 1. The smallest absolute Gasteiger partial charge is 0.411 e. The maximum absolute atomic E-state index is 11.1. The van der Waals surface area contributed by atoms with Crippen LogP contribution in [0.1, 0.15) is 0 Å². The van der Waals surface area contributed by atoms with Gasteiger partial charge in [0.2, 0.25) is 0 Å². The van der Waals surface area contributed by atoms with Crippen molar-refractivity contribution in [2.75, 3.05) is 6.61 Å². The topological polar surface area (TPSA) is 116 Å². The summed E-state index contributed by atoms with van der Waals surface area (Å²) in [4.78, 5) is 12.2. The van der Waals surface area contributed by atoms with E-state index in [1.165, 1.54) is 0 Å². The number of nitrogens with zero attached hydrogens (tertiary/aromatic N) is 1. The summed E-state index contributed by atoms with van der Waals surface area (Å²) >= 11 is 0. The third-order valence-corrected chi connectivity index (χ3v) is 2.71. The highest BCUT2D eigenvalue weighted by Gasteiger charge is 2.52. The summed E-state index contributed by atoms with van der Waals surface area (Å²) < 4.78 is 4.66. The van der Waals surface area contributed by atoms with E-state index in [0.29, 0.717) is 0 Å². The highest BCUT2D eigenvalue weighted by Crippen LogP contribution is 2.27. The number of rotatable bonds is 0. The van der Waals surface area contributed by atoms with Crippen molar-refractivity contribution >= 4 is 6.09 Å². The third kappa shape index (κ3) is 1.10. The van der Waals surface area contributed by atoms with Gasteiger partial charge in [0, 0.05) is 0 Å². The minimum atomic E-state index is -1.35. The first kappa shape index (κ1) is 9.66. The number of carbonyl (C=O) groups excluding carboxylic acids is 1. The summed E-state index contributed by atoms with van der Waals surface area (Å²) in [6, 6.07) is -0.670. The molecule has 2 aliphatic heterocycles. The van der Waals surface area contributed by atoms with E-state index in [-0.39, 0.29) is 6.61 Å². The van der Waals surface area contributed by atoms with Gasteiger partial charge in [-0.1, -0.05) is 0 Å². The van der Waals surface area contributed by atoms with Crippen LogP contribution in [-0.2, 0) is 4.74 Å². The molecule has 0 radical (unpaired) electrons. The number of aliphatic hydroxyl groups is 3. The molecular weight excluding hydrogens is 192 g/mol. The van der Waals surface area contributed by atoms with E-state index in [2.05, 4.69) is 4.74 Å². The van der Waals surface area contributed by atoms with E-state index >= 15 is 0 Å². The first-order valence-electron chi connectivity index (χ1n) is 4.29. The van der Waals surface area contributed by atoms with Crippen LogP contribution >= 0.6 is 0 Å². The summed E-state index contributed by atoms with van der Waals surface area (Å²) in [6.07, 6.45) is -5.63. The van der Waals surface area contributed by atoms with Gasteiger partial charge >= 0.3 is 6.09 Å². The number of aliphatic hydroxyl groups excluding tert-OH is 3. The molecule has 2 fully saturated rings. The Kier molecular flexibility index (Phi) is 2.11. The SMILES string of the molecule is N[C@@H]1[C@@H](O)[C@@H](O)[C@H](O)[C@H]2COC(=O)N12. The minimum Gasteiger partial charge on any atom is -0.447 e. The van der Waals surface area contributed by atoms with Crippen LogP contribution in [0.25, 0.3) is 0 Å². The minimum absolute atomic E-state index is 0.0164. The zero-order chi connectivity index (χ0) is 10.5. The van der Waals surface area contributed by atoms with Crippen molar-refractivity contribution in [3.05, 3.63) is 0 Å². The number of hydrogen-bond donors (Lipinski definition) is 4. The molecule has 1 amide bonds. The highest BCUT2D eigenvalue weighted by molar-refractivity contribution is 5.71. The van der Waals surface area contributed by atoms with E-state index in [0.717, 1.165) is 4.90 Å². The van der Waals surface area contributed by atoms with Gasteiger partial charge in [-0.2, -0.15) is 0 Å². The maximum Gasteiger partial charge on any atom is 0.411 e. The highest BCUT2D eigenvalue weighted by atomic mass is 16.6. The molecule has 0 bridgehead atoms. The first-order chi connectivity index (χ1) is 6.54. The number of carbonyl (C=O) groups is 1. The van der Waals surface area contributed by atoms with Gasteiger partial charge in [0.25, 0.3) is 0 Å². The predicted octanol–water partition coefficient (Wildman–Crippen LogP) is -2.81. The summed E-state index contributed by atoms with van der Waals surface area (Å²) in [7, 11) is 0. The second-order valence-corrected chi connectivity index (χ2v) is 3.51. The molecule has 7 nitrogen and oxygen atoms in total. The number of amides is 1. The van der Waals surface area contributed by atoms with Crippen molar-refractivity contribution in [3.8, 4) is 0 Å². The molecule has 7 heteroatoms. The van der Waals surface area contributed by atoms with E-state index < -0.39 is 36.6 Å². The number of ether oxygens (including phenoxy) is 1. The summed E-state index contributed by atoms with van der Waals surface area (Å²) in [5, 5.41) is 28.3. The Hall–Kier alpha value is -0.890. The van der Waals surface area contributed by atoms with Gasteiger partial charge < -0.3 is 25.8 Å². The van der Waals surface area contributed by atoms with Gasteiger partial charge in [0.1, 0.15) is 31.1 Å². The molecule has 5 N–H and O–H groups in total. The van der Waals surface area contributed by atoms with Crippen LogP contribution in [0.15, 0.2) is 0 Å². The molecule has 5 atom stereocenters. The standard InChI is InChI=1S/C7H12N2O5/c8-6-5(12)4(11)3(10)2-1-14-7(13)9(2)6/h2-6,10-12H,1,8H2/t2-,3-,4+,5+,6+/m1/s1. The second kappa shape index (κ2) is 3.06. The average Bonchev–Trinajstić information content (AvgIpc) is 2.54. The van der Waals surface area contributed by atoms with Crippen molar-refractivity contribution in [2.24, 2.45) is 5.73 Å². The van der Waals surface area contributed by atoms with Crippen molar-refractivity contribution in [1.82, 2.24) is 4.90 Å². The van der Waals surface area contributed by atoms with Crippen LogP contribution in [0.2, 0.25) is 0 Å². The molecule has 0 aromatic heterocycles. The molecule has 2 aliphatic rings. The third-order valence-electron chi connectivity index (χ3n) is 2.71. The molecule has 0 unspecified atom stereocenters. The largest absolute Gasteiger partial charge is 0.447 e. The van der Waals surface area contributed by atoms with E-state index in [1.807, 2.05) is 0 Å². The Labute approximate surface area is 79.7 Å². The van der Waals surface area contributed by atoms with Crippen molar-refractivity contribution in [3.63, 3.8) is 0 Å². The molecule has 80 valence electrons. The lowest BCUT2D eigenvalue weighted by Gasteiger charge is -2.42. The average molecular weight is 204 g/mol. The van der Waals surface area contributed by atoms with Crippen LogP contribution in [0, 0.1) is 0 Å². The molecule has 14 heavy (non-hydrogen) atoms. The molecular formula is C7H12N2O5. The number of cyclic esters (lactones) is 1. The summed E-state index contributed by atoms with van der Waals surface area (Å²) in [5.74, 6) is 0. The normalized spacial score (nSPS) is 47.6. The van der Waals surface area contributed by atoms with Gasteiger partial charge in [-0.15, -0.1) is 0 Å². The van der Waals surface area contributed by atoms with Gasteiger partial charge in [0.05, 0.1) is 6.04 Å². The molecule has 0 saturated carbocycles.